The van der Waals surface area contributed by atoms with E-state index in [2.05, 4.69) is 0 Å². The minimum Gasteiger partial charge on any atom is -0.393 e. The maximum Gasteiger partial charge on any atom is 0.150 e. The van der Waals surface area contributed by atoms with Crippen molar-refractivity contribution in [3.05, 3.63) is 0 Å². The summed E-state index contributed by atoms with van der Waals surface area (Å²) >= 11 is 0. The lowest BCUT2D eigenvalue weighted by Crippen LogP contribution is -2.34. The highest BCUT2D eigenvalue weighted by atomic mass is 32.2. The molecule has 17 heavy (non-hydrogen) atoms. The molecular formula is C12H25NO3S. The number of aliphatic hydroxyl groups excluding tert-OH is 1. The average Bonchev–Trinajstić information content (AvgIpc) is 2.25. The normalized spacial score (nSPS) is 28.3. The zero-order valence-corrected chi connectivity index (χ0v) is 11.9. The Labute approximate surface area is 105 Å². The SMILES string of the molecule is CN(C)CCC(O)C1CCCC(S(C)(=O)=O)C1. The molecule has 0 amide bonds. The number of nitrogens with zero attached hydrogens (tertiary/aromatic N) is 1. The molecule has 1 rings (SSSR count). The third-order valence-corrected chi connectivity index (χ3v) is 5.33. The van der Waals surface area contributed by atoms with Gasteiger partial charge in [0.25, 0.3) is 0 Å². The van der Waals surface area contributed by atoms with Crippen molar-refractivity contribution in [2.24, 2.45) is 5.92 Å². The van der Waals surface area contributed by atoms with E-state index in [9.17, 15) is 13.5 Å². The molecule has 0 spiro atoms. The Morgan fingerprint density at radius 3 is 2.53 bits per heavy atom. The minimum absolute atomic E-state index is 0.156. The lowest BCUT2D eigenvalue weighted by atomic mass is 9.84. The second-order valence-electron chi connectivity index (χ2n) is 5.54. The third-order valence-electron chi connectivity index (χ3n) is 3.69. The molecule has 1 N–H and O–H groups in total. The van der Waals surface area contributed by atoms with E-state index in [1.165, 1.54) is 6.26 Å². The Hall–Kier alpha value is -0.130. The van der Waals surface area contributed by atoms with E-state index in [0.717, 1.165) is 32.2 Å². The zero-order valence-electron chi connectivity index (χ0n) is 11.1. The molecule has 0 aromatic rings. The summed E-state index contributed by atoms with van der Waals surface area (Å²) < 4.78 is 23.1. The van der Waals surface area contributed by atoms with Gasteiger partial charge in [-0.2, -0.15) is 0 Å². The van der Waals surface area contributed by atoms with E-state index in [1.54, 1.807) is 0 Å². The molecule has 1 saturated carbocycles. The van der Waals surface area contributed by atoms with Crippen LogP contribution in [0.4, 0.5) is 0 Å². The average molecular weight is 263 g/mol. The lowest BCUT2D eigenvalue weighted by Gasteiger charge is -2.31. The molecule has 3 atom stereocenters. The summed E-state index contributed by atoms with van der Waals surface area (Å²) in [5.74, 6) is 0.156. The van der Waals surface area contributed by atoms with E-state index in [0.29, 0.717) is 6.42 Å². The standard InChI is InChI=1S/C12H25NO3S/c1-13(2)8-7-12(14)10-5-4-6-11(9-10)17(3,15)16/h10-12,14H,4-9H2,1-3H3. The van der Waals surface area contributed by atoms with Crippen molar-refractivity contribution in [3.63, 3.8) is 0 Å². The van der Waals surface area contributed by atoms with E-state index in [-0.39, 0.29) is 17.3 Å². The molecule has 0 radical (unpaired) electrons. The molecule has 0 heterocycles. The fourth-order valence-electron chi connectivity index (χ4n) is 2.55. The van der Waals surface area contributed by atoms with Gasteiger partial charge in [0.05, 0.1) is 11.4 Å². The third kappa shape index (κ3) is 4.94. The fraction of sp³-hybridized carbons (Fsp3) is 1.00. The monoisotopic (exact) mass is 263 g/mol. The van der Waals surface area contributed by atoms with Crippen molar-refractivity contribution in [2.45, 2.75) is 43.5 Å². The predicted octanol–water partition coefficient (Wildman–Crippen LogP) is 0.902. The molecule has 5 heteroatoms. The summed E-state index contributed by atoms with van der Waals surface area (Å²) in [5.41, 5.74) is 0. The van der Waals surface area contributed by atoms with Crippen molar-refractivity contribution in [3.8, 4) is 0 Å². The molecule has 0 aromatic heterocycles. The molecule has 1 fully saturated rings. The van der Waals surface area contributed by atoms with Crippen molar-refractivity contribution in [2.75, 3.05) is 26.9 Å². The minimum atomic E-state index is -2.95. The van der Waals surface area contributed by atoms with Gasteiger partial charge in [-0.1, -0.05) is 6.42 Å². The van der Waals surface area contributed by atoms with Gasteiger partial charge in [-0.15, -0.1) is 0 Å². The first-order valence-corrected chi connectivity index (χ1v) is 8.28. The van der Waals surface area contributed by atoms with Crippen LogP contribution in [0, 0.1) is 5.92 Å². The first kappa shape index (κ1) is 14.9. The Bertz CT molecular complexity index is 327. The largest absolute Gasteiger partial charge is 0.393 e. The van der Waals surface area contributed by atoms with Gasteiger partial charge in [0.1, 0.15) is 9.84 Å². The van der Waals surface area contributed by atoms with Crippen LogP contribution in [0.1, 0.15) is 32.1 Å². The highest BCUT2D eigenvalue weighted by Gasteiger charge is 2.32. The van der Waals surface area contributed by atoms with Crippen molar-refractivity contribution in [1.29, 1.82) is 0 Å². The van der Waals surface area contributed by atoms with E-state index in [1.807, 2.05) is 19.0 Å². The number of hydrogen-bond donors (Lipinski definition) is 1. The summed E-state index contributed by atoms with van der Waals surface area (Å²) in [7, 11) is 1.01. The summed E-state index contributed by atoms with van der Waals surface area (Å²) in [6.45, 7) is 0.848. The molecule has 3 unspecified atom stereocenters. The maximum absolute atomic E-state index is 11.5. The Balaban J connectivity index is 2.49. The number of aliphatic hydroxyl groups is 1. The molecule has 0 aromatic carbocycles. The van der Waals surface area contributed by atoms with Gasteiger partial charge in [0, 0.05) is 6.26 Å². The first-order valence-electron chi connectivity index (χ1n) is 6.32. The van der Waals surface area contributed by atoms with Crippen LogP contribution in [0.3, 0.4) is 0 Å². The highest BCUT2D eigenvalue weighted by Crippen LogP contribution is 2.31. The molecule has 102 valence electrons. The van der Waals surface area contributed by atoms with Gasteiger partial charge in [-0.25, -0.2) is 8.42 Å². The van der Waals surface area contributed by atoms with Crippen LogP contribution in [-0.2, 0) is 9.84 Å². The van der Waals surface area contributed by atoms with E-state index in [4.69, 9.17) is 0 Å². The topological polar surface area (TPSA) is 57.6 Å². The first-order chi connectivity index (χ1) is 7.80. The predicted molar refractivity (Wildman–Crippen MR) is 69.8 cm³/mol. The van der Waals surface area contributed by atoms with Crippen LogP contribution in [0.2, 0.25) is 0 Å². The Morgan fingerprint density at radius 1 is 1.35 bits per heavy atom. The number of hydrogen-bond acceptors (Lipinski definition) is 4. The zero-order chi connectivity index (χ0) is 13.1. The fourth-order valence-corrected chi connectivity index (χ4v) is 3.74. The van der Waals surface area contributed by atoms with Gasteiger partial charge in [-0.05, 0) is 52.2 Å². The van der Waals surface area contributed by atoms with Crippen LogP contribution >= 0.6 is 0 Å². The number of rotatable bonds is 5. The highest BCUT2D eigenvalue weighted by molar-refractivity contribution is 7.91. The molecule has 4 nitrogen and oxygen atoms in total. The summed E-state index contributed by atoms with van der Waals surface area (Å²) in [6.07, 6.45) is 4.95. The van der Waals surface area contributed by atoms with Gasteiger partial charge in [-0.3, -0.25) is 0 Å². The van der Waals surface area contributed by atoms with E-state index < -0.39 is 9.84 Å². The molecule has 1 aliphatic rings. The molecule has 0 bridgehead atoms. The summed E-state index contributed by atoms with van der Waals surface area (Å²) in [6, 6.07) is 0. The van der Waals surface area contributed by atoms with Gasteiger partial charge in [0.2, 0.25) is 0 Å². The summed E-state index contributed by atoms with van der Waals surface area (Å²) in [4.78, 5) is 2.04. The van der Waals surface area contributed by atoms with Crippen LogP contribution < -0.4 is 0 Å². The van der Waals surface area contributed by atoms with Crippen molar-refractivity contribution in [1.82, 2.24) is 4.90 Å². The van der Waals surface area contributed by atoms with Crippen LogP contribution in [0.25, 0.3) is 0 Å². The Kier molecular flexibility index (Phi) is 5.41. The molecule has 0 saturated heterocycles. The molecule has 1 aliphatic carbocycles. The van der Waals surface area contributed by atoms with Crippen LogP contribution in [-0.4, -0.2) is 56.7 Å². The van der Waals surface area contributed by atoms with Gasteiger partial charge >= 0.3 is 0 Å². The maximum atomic E-state index is 11.5. The number of sulfone groups is 1. The smallest absolute Gasteiger partial charge is 0.150 e. The Morgan fingerprint density at radius 2 is 2.00 bits per heavy atom. The van der Waals surface area contributed by atoms with E-state index >= 15 is 0 Å². The van der Waals surface area contributed by atoms with Crippen molar-refractivity contribution < 1.29 is 13.5 Å². The molecular weight excluding hydrogens is 238 g/mol. The van der Waals surface area contributed by atoms with Crippen LogP contribution in [0.15, 0.2) is 0 Å². The van der Waals surface area contributed by atoms with Crippen LogP contribution in [0.5, 0.6) is 0 Å². The summed E-state index contributed by atoms with van der Waals surface area (Å²) in [5, 5.41) is 9.84. The second kappa shape index (κ2) is 6.16. The lowest BCUT2D eigenvalue weighted by molar-refractivity contribution is 0.0715. The van der Waals surface area contributed by atoms with Gasteiger partial charge < -0.3 is 10.0 Å². The molecule has 0 aliphatic heterocycles. The second-order valence-corrected chi connectivity index (χ2v) is 7.86. The van der Waals surface area contributed by atoms with Crippen molar-refractivity contribution >= 4 is 9.84 Å². The quantitative estimate of drug-likeness (QED) is 0.801. The van der Waals surface area contributed by atoms with Gasteiger partial charge in [0.15, 0.2) is 0 Å².